The zero-order valence-electron chi connectivity index (χ0n) is 10.8. The second-order valence-electron chi connectivity index (χ2n) is 4.51. The number of fused-ring (bicyclic) bond motifs is 1. The molecule has 21 heavy (non-hydrogen) atoms. The van der Waals surface area contributed by atoms with E-state index in [1.54, 1.807) is 12.1 Å². The Morgan fingerprint density at radius 2 is 1.71 bits per heavy atom. The van der Waals surface area contributed by atoms with Crippen molar-refractivity contribution in [3.05, 3.63) is 53.3 Å². The maximum atomic E-state index is 11.3. The largest absolute Gasteiger partial charge is 0.330 e. The molecule has 106 valence electrons. The fraction of sp³-hybridized carbons (Fsp3) is 0. The molecule has 2 aromatic carbocycles. The third-order valence-corrected chi connectivity index (χ3v) is 4.22. The Kier molecular flexibility index (Phi) is 3.32. The molecule has 3 rings (SSSR count). The predicted molar refractivity (Wildman–Crippen MR) is 83.7 cm³/mol. The number of aromatic amines is 1. The highest BCUT2D eigenvalue weighted by Gasteiger charge is 2.10. The van der Waals surface area contributed by atoms with Crippen molar-refractivity contribution >= 4 is 33.1 Å². The summed E-state index contributed by atoms with van der Waals surface area (Å²) in [4.78, 5) is 7.43. The topological polar surface area (TPSA) is 88.8 Å². The monoisotopic (exact) mass is 317 g/mol. The Morgan fingerprint density at radius 3 is 2.38 bits per heavy atom. The van der Waals surface area contributed by atoms with Crippen LogP contribution in [0.4, 0.5) is 0 Å². The van der Waals surface area contributed by atoms with Crippen LogP contribution in [0.2, 0.25) is 0 Å². The number of hydrogen-bond donors (Lipinski definition) is 2. The van der Waals surface area contributed by atoms with E-state index in [4.69, 9.17) is 17.4 Å². The highest BCUT2D eigenvalue weighted by molar-refractivity contribution is 7.89. The van der Waals surface area contributed by atoms with Gasteiger partial charge in [0.25, 0.3) is 0 Å². The summed E-state index contributed by atoms with van der Waals surface area (Å²) < 4.78 is 22.9. The first kappa shape index (κ1) is 13.9. The van der Waals surface area contributed by atoms with Crippen molar-refractivity contribution < 1.29 is 8.42 Å². The van der Waals surface area contributed by atoms with E-state index in [-0.39, 0.29) is 4.90 Å². The van der Waals surface area contributed by atoms with Crippen LogP contribution in [0.5, 0.6) is 0 Å². The van der Waals surface area contributed by atoms with Crippen LogP contribution >= 0.6 is 12.2 Å². The van der Waals surface area contributed by atoms with Crippen molar-refractivity contribution in [2.75, 3.05) is 0 Å². The Morgan fingerprint density at radius 1 is 1.05 bits per heavy atom. The summed E-state index contributed by atoms with van der Waals surface area (Å²) in [7, 11) is -3.70. The lowest BCUT2D eigenvalue weighted by molar-refractivity contribution is 0.598. The summed E-state index contributed by atoms with van der Waals surface area (Å²) in [5.41, 5.74) is 2.36. The fourth-order valence-electron chi connectivity index (χ4n) is 2.13. The van der Waals surface area contributed by atoms with Gasteiger partial charge in [0, 0.05) is 16.5 Å². The van der Waals surface area contributed by atoms with Crippen LogP contribution in [-0.4, -0.2) is 18.4 Å². The van der Waals surface area contributed by atoms with Crippen LogP contribution in [0.25, 0.3) is 22.2 Å². The number of H-pyrrole nitrogens is 1. The van der Waals surface area contributed by atoms with E-state index in [1.165, 1.54) is 12.1 Å². The van der Waals surface area contributed by atoms with Crippen molar-refractivity contribution in [3.8, 4) is 11.3 Å². The number of nitrogens with two attached hydrogens (primary N) is 1. The molecule has 1 aromatic heterocycles. The third-order valence-electron chi connectivity index (χ3n) is 3.09. The molecule has 7 heteroatoms. The summed E-state index contributed by atoms with van der Waals surface area (Å²) >= 11 is 5.13. The minimum Gasteiger partial charge on any atom is -0.330 e. The molecule has 0 fully saturated rings. The Balaban J connectivity index is 2.23. The lowest BCUT2D eigenvalue weighted by Crippen LogP contribution is -2.11. The van der Waals surface area contributed by atoms with Gasteiger partial charge in [-0.15, -0.1) is 0 Å². The molecule has 3 N–H and O–H groups in total. The Hall–Kier alpha value is -2.09. The van der Waals surface area contributed by atoms with E-state index in [0.29, 0.717) is 10.5 Å². The smallest absolute Gasteiger partial charge is 0.238 e. The number of primary sulfonamides is 1. The molecule has 1 heterocycles. The summed E-state index contributed by atoms with van der Waals surface area (Å²) in [5, 5.41) is 6.01. The zero-order chi connectivity index (χ0) is 15.0. The molecule has 0 amide bonds. The van der Waals surface area contributed by atoms with Crippen LogP contribution in [0, 0.1) is 4.77 Å². The van der Waals surface area contributed by atoms with Gasteiger partial charge in [-0.2, -0.15) is 0 Å². The first-order chi connectivity index (χ1) is 9.95. The van der Waals surface area contributed by atoms with Crippen LogP contribution in [0.3, 0.4) is 0 Å². The minimum atomic E-state index is -3.70. The molecule has 0 aliphatic heterocycles. The van der Waals surface area contributed by atoms with E-state index in [1.807, 2.05) is 24.3 Å². The van der Waals surface area contributed by atoms with Crippen molar-refractivity contribution in [1.82, 2.24) is 9.97 Å². The third kappa shape index (κ3) is 2.71. The van der Waals surface area contributed by atoms with Gasteiger partial charge in [-0.05, 0) is 30.4 Å². The first-order valence-corrected chi connectivity index (χ1v) is 8.03. The second-order valence-corrected chi connectivity index (χ2v) is 6.45. The van der Waals surface area contributed by atoms with Crippen LogP contribution in [0.1, 0.15) is 0 Å². The quantitative estimate of drug-likeness (QED) is 0.711. The van der Waals surface area contributed by atoms with Gasteiger partial charge in [-0.25, -0.2) is 18.5 Å². The van der Waals surface area contributed by atoms with Crippen LogP contribution in [0.15, 0.2) is 53.4 Å². The molecule has 0 aliphatic carbocycles. The molecular weight excluding hydrogens is 306 g/mol. The zero-order valence-corrected chi connectivity index (χ0v) is 12.4. The van der Waals surface area contributed by atoms with Crippen molar-refractivity contribution in [2.45, 2.75) is 4.90 Å². The van der Waals surface area contributed by atoms with E-state index < -0.39 is 10.0 Å². The minimum absolute atomic E-state index is 0.0663. The van der Waals surface area contributed by atoms with Gasteiger partial charge in [-0.1, -0.05) is 30.3 Å². The highest BCUT2D eigenvalue weighted by Crippen LogP contribution is 2.26. The number of aromatic nitrogens is 2. The van der Waals surface area contributed by atoms with E-state index in [9.17, 15) is 8.42 Å². The molecule has 0 spiro atoms. The molecule has 0 unspecified atom stereocenters. The maximum Gasteiger partial charge on any atom is 0.238 e. The second kappa shape index (κ2) is 5.03. The molecule has 0 radical (unpaired) electrons. The lowest BCUT2D eigenvalue weighted by Gasteiger charge is -2.06. The van der Waals surface area contributed by atoms with Crippen LogP contribution < -0.4 is 5.14 Å². The van der Waals surface area contributed by atoms with Gasteiger partial charge in [0.15, 0.2) is 4.77 Å². The molecule has 0 aliphatic rings. The van der Waals surface area contributed by atoms with Crippen LogP contribution in [-0.2, 0) is 10.0 Å². The Labute approximate surface area is 126 Å². The van der Waals surface area contributed by atoms with E-state index in [0.717, 1.165) is 16.5 Å². The standard InChI is InChI=1S/C14H11N3O2S2/c15-21(18,19)10-7-5-9(6-8-10)13-11-3-1-2-4-12(11)16-14(20)17-13/h1-8H,(H2,15,18,19)(H,16,17,20). The average molecular weight is 317 g/mol. The Bertz CT molecular complexity index is 977. The van der Waals surface area contributed by atoms with Gasteiger partial charge in [0.2, 0.25) is 10.0 Å². The number of sulfonamides is 1. The molecule has 0 saturated heterocycles. The summed E-state index contributed by atoms with van der Waals surface area (Å²) in [6.07, 6.45) is 0. The molecule has 0 saturated carbocycles. The van der Waals surface area contributed by atoms with Crippen molar-refractivity contribution in [3.63, 3.8) is 0 Å². The number of hydrogen-bond acceptors (Lipinski definition) is 4. The summed E-state index contributed by atoms with van der Waals surface area (Å²) in [6, 6.07) is 13.9. The number of para-hydroxylation sites is 1. The van der Waals surface area contributed by atoms with Crippen molar-refractivity contribution in [2.24, 2.45) is 5.14 Å². The number of nitrogens with zero attached hydrogens (tertiary/aromatic N) is 1. The van der Waals surface area contributed by atoms with Gasteiger partial charge >= 0.3 is 0 Å². The van der Waals surface area contributed by atoms with Gasteiger partial charge in [0.05, 0.1) is 10.6 Å². The van der Waals surface area contributed by atoms with E-state index >= 15 is 0 Å². The van der Waals surface area contributed by atoms with Gasteiger partial charge in [0.1, 0.15) is 0 Å². The van der Waals surface area contributed by atoms with Crippen molar-refractivity contribution in [1.29, 1.82) is 0 Å². The number of benzene rings is 2. The molecule has 5 nitrogen and oxygen atoms in total. The average Bonchev–Trinajstić information content (AvgIpc) is 2.45. The summed E-state index contributed by atoms with van der Waals surface area (Å²) in [6.45, 7) is 0. The molecular formula is C14H11N3O2S2. The highest BCUT2D eigenvalue weighted by atomic mass is 32.2. The number of nitrogens with one attached hydrogen (secondary N) is 1. The molecule has 0 atom stereocenters. The fourth-order valence-corrected chi connectivity index (χ4v) is 2.84. The number of rotatable bonds is 2. The van der Waals surface area contributed by atoms with Gasteiger partial charge in [-0.3, -0.25) is 0 Å². The maximum absolute atomic E-state index is 11.3. The van der Waals surface area contributed by atoms with Gasteiger partial charge < -0.3 is 4.98 Å². The molecule has 0 bridgehead atoms. The first-order valence-electron chi connectivity index (χ1n) is 6.07. The van der Waals surface area contributed by atoms with E-state index in [2.05, 4.69) is 9.97 Å². The normalized spacial score (nSPS) is 11.7. The SMILES string of the molecule is NS(=O)(=O)c1ccc(-c2nc(=S)[nH]c3ccccc23)cc1. The molecule has 3 aromatic rings. The predicted octanol–water partition coefficient (Wildman–Crippen LogP) is 2.61. The summed E-state index contributed by atoms with van der Waals surface area (Å²) in [5.74, 6) is 0. The lowest BCUT2D eigenvalue weighted by atomic mass is 10.1.